The van der Waals surface area contributed by atoms with Gasteiger partial charge in [0.05, 0.1) is 9.79 Å². The number of nitrogen functional groups attached to an aromatic ring is 1. The van der Waals surface area contributed by atoms with Crippen LogP contribution < -0.4 is 10.5 Å². The van der Waals surface area contributed by atoms with Crippen LogP contribution in [0.25, 0.3) is 10.8 Å². The van der Waals surface area contributed by atoms with Crippen LogP contribution in [0.5, 0.6) is 0 Å². The monoisotopic (exact) mass is 605 g/mol. The number of nitrogens with two attached hydrogens (primary N) is 1. The lowest BCUT2D eigenvalue weighted by atomic mass is 10.0. The molecular formula is C30H31N5O5S2. The van der Waals surface area contributed by atoms with Crippen molar-refractivity contribution < 1.29 is 21.6 Å². The predicted molar refractivity (Wildman–Crippen MR) is 161 cm³/mol. The number of nitrogens with one attached hydrogen (secondary N) is 2. The Balaban J connectivity index is 1.39. The van der Waals surface area contributed by atoms with Crippen LogP contribution in [0, 0.1) is 5.41 Å². The van der Waals surface area contributed by atoms with Crippen LogP contribution in [0.1, 0.15) is 11.1 Å². The summed E-state index contributed by atoms with van der Waals surface area (Å²) < 4.78 is 57.2. The van der Waals surface area contributed by atoms with E-state index in [1.54, 1.807) is 54.6 Å². The zero-order chi connectivity index (χ0) is 29.9. The van der Waals surface area contributed by atoms with Crippen molar-refractivity contribution in [2.24, 2.45) is 5.73 Å². The smallest absolute Gasteiger partial charge is 0.243 e. The summed E-state index contributed by atoms with van der Waals surface area (Å²) in [7, 11) is -7.85. The summed E-state index contributed by atoms with van der Waals surface area (Å²) in [4.78, 5) is 15.5. The molecule has 1 aliphatic rings. The molecule has 0 bridgehead atoms. The molecule has 42 heavy (non-hydrogen) atoms. The molecule has 1 aliphatic heterocycles. The molecule has 0 unspecified atom stereocenters. The normalized spacial score (nSPS) is 15.4. The summed E-state index contributed by atoms with van der Waals surface area (Å²) in [6, 6.07) is 25.8. The highest BCUT2D eigenvalue weighted by molar-refractivity contribution is 7.89. The molecule has 4 aromatic rings. The minimum atomic E-state index is -4.12. The number of amides is 1. The summed E-state index contributed by atoms with van der Waals surface area (Å²) in [5, 5.41) is 9.38. The van der Waals surface area contributed by atoms with Gasteiger partial charge in [-0.3, -0.25) is 10.2 Å². The van der Waals surface area contributed by atoms with Crippen molar-refractivity contribution in [3.63, 3.8) is 0 Å². The number of rotatable bonds is 9. The Kier molecular flexibility index (Phi) is 8.41. The Morgan fingerprint density at radius 2 is 1.45 bits per heavy atom. The molecule has 0 aromatic heterocycles. The van der Waals surface area contributed by atoms with Gasteiger partial charge < -0.3 is 10.6 Å². The lowest BCUT2D eigenvalue weighted by molar-refractivity contribution is -0.134. The number of fused-ring (bicyclic) bond motifs is 1. The summed E-state index contributed by atoms with van der Waals surface area (Å²) in [5.74, 6) is -0.614. The molecule has 1 fully saturated rings. The molecule has 12 heteroatoms. The van der Waals surface area contributed by atoms with Gasteiger partial charge >= 0.3 is 0 Å². The van der Waals surface area contributed by atoms with E-state index < -0.39 is 32.0 Å². The molecule has 1 saturated heterocycles. The Morgan fingerprint density at radius 1 is 0.786 bits per heavy atom. The van der Waals surface area contributed by atoms with E-state index in [1.165, 1.54) is 27.4 Å². The standard InChI is InChI=1S/C30H31N5O5S2/c31-29(32)25-10-6-7-22(19-25)20-28(33-41(37,38)27-14-13-23-8-4-5-9-24(23)21-27)30(36)34-15-17-35(18-16-34)42(39,40)26-11-2-1-3-12-26/h1-14,19,21,28,33H,15-18,20H2,(H3,31,32)/t28-/m0/s1. The molecule has 0 spiro atoms. The number of hydrogen-bond acceptors (Lipinski definition) is 6. The fourth-order valence-corrected chi connectivity index (χ4v) is 7.65. The van der Waals surface area contributed by atoms with Gasteiger partial charge in [-0.05, 0) is 53.1 Å². The van der Waals surface area contributed by atoms with E-state index in [-0.39, 0.29) is 48.2 Å². The van der Waals surface area contributed by atoms with E-state index in [4.69, 9.17) is 11.1 Å². The molecule has 4 N–H and O–H groups in total. The molecule has 5 rings (SSSR count). The molecule has 1 amide bonds. The predicted octanol–water partition coefficient (Wildman–Crippen LogP) is 2.55. The Morgan fingerprint density at radius 3 is 2.14 bits per heavy atom. The van der Waals surface area contributed by atoms with Crippen molar-refractivity contribution in [3.05, 3.63) is 108 Å². The lowest BCUT2D eigenvalue weighted by Crippen LogP contribution is -2.56. The van der Waals surface area contributed by atoms with E-state index in [2.05, 4.69) is 4.72 Å². The summed E-state index contributed by atoms with van der Waals surface area (Å²) in [6.07, 6.45) is 0.00922. The van der Waals surface area contributed by atoms with Crippen LogP contribution in [-0.2, 0) is 31.3 Å². The number of carbonyl (C=O) groups excluding carboxylic acids is 1. The maximum atomic E-state index is 13.8. The van der Waals surface area contributed by atoms with E-state index in [9.17, 15) is 21.6 Å². The highest BCUT2D eigenvalue weighted by Crippen LogP contribution is 2.21. The molecule has 1 heterocycles. The quantitative estimate of drug-likeness (QED) is 0.197. The van der Waals surface area contributed by atoms with Crippen LogP contribution in [-0.4, -0.2) is 70.0 Å². The average molecular weight is 606 g/mol. The second-order valence-electron chi connectivity index (χ2n) is 10.0. The van der Waals surface area contributed by atoms with Gasteiger partial charge in [-0.25, -0.2) is 16.8 Å². The van der Waals surface area contributed by atoms with Crippen LogP contribution in [0.15, 0.2) is 107 Å². The minimum absolute atomic E-state index is 0.00922. The first kappa shape index (κ1) is 29.4. The molecule has 0 radical (unpaired) electrons. The first-order chi connectivity index (χ1) is 20.0. The lowest BCUT2D eigenvalue weighted by Gasteiger charge is -2.36. The third kappa shape index (κ3) is 6.36. The van der Waals surface area contributed by atoms with Crippen LogP contribution in [0.3, 0.4) is 0 Å². The number of nitrogens with zero attached hydrogens (tertiary/aromatic N) is 2. The van der Waals surface area contributed by atoms with Crippen LogP contribution in [0.2, 0.25) is 0 Å². The van der Waals surface area contributed by atoms with E-state index in [0.29, 0.717) is 11.1 Å². The van der Waals surface area contributed by atoms with Crippen molar-refractivity contribution in [1.29, 1.82) is 5.41 Å². The van der Waals surface area contributed by atoms with Gasteiger partial charge in [0.1, 0.15) is 11.9 Å². The first-order valence-electron chi connectivity index (χ1n) is 13.3. The molecule has 1 atom stereocenters. The molecule has 0 aliphatic carbocycles. The Bertz CT molecular complexity index is 1840. The Hall–Kier alpha value is -4.10. The number of sulfonamides is 2. The van der Waals surface area contributed by atoms with Crippen molar-refractivity contribution in [2.75, 3.05) is 26.2 Å². The largest absolute Gasteiger partial charge is 0.384 e. The Labute approximate surface area is 245 Å². The van der Waals surface area contributed by atoms with Crippen molar-refractivity contribution >= 4 is 42.6 Å². The second-order valence-corrected chi connectivity index (χ2v) is 13.7. The van der Waals surface area contributed by atoms with Crippen molar-refractivity contribution in [3.8, 4) is 0 Å². The van der Waals surface area contributed by atoms with E-state index >= 15 is 0 Å². The SMILES string of the molecule is N=C(N)c1cccc(C[C@H](NS(=O)(=O)c2ccc3ccccc3c2)C(=O)N2CCN(S(=O)(=O)c3ccccc3)CC2)c1. The van der Waals surface area contributed by atoms with E-state index in [0.717, 1.165) is 10.8 Å². The molecule has 0 saturated carbocycles. The molecule has 4 aromatic carbocycles. The number of carbonyl (C=O) groups is 1. The minimum Gasteiger partial charge on any atom is -0.384 e. The highest BCUT2D eigenvalue weighted by atomic mass is 32.2. The second kappa shape index (κ2) is 12.0. The van der Waals surface area contributed by atoms with E-state index in [1.807, 2.05) is 24.3 Å². The van der Waals surface area contributed by atoms with Gasteiger partial charge in [-0.15, -0.1) is 0 Å². The number of amidine groups is 1. The summed E-state index contributed by atoms with van der Waals surface area (Å²) in [6.45, 7) is 0.360. The molecular weight excluding hydrogens is 574 g/mol. The van der Waals surface area contributed by atoms with Gasteiger partial charge in [-0.1, -0.05) is 66.7 Å². The molecule has 218 valence electrons. The number of piperazine rings is 1. The third-order valence-electron chi connectivity index (χ3n) is 7.24. The van der Waals surface area contributed by atoms with Crippen LogP contribution >= 0.6 is 0 Å². The maximum absolute atomic E-state index is 13.8. The summed E-state index contributed by atoms with van der Waals surface area (Å²) in [5.41, 5.74) is 6.72. The zero-order valence-electron chi connectivity index (χ0n) is 22.7. The zero-order valence-corrected chi connectivity index (χ0v) is 24.3. The van der Waals surface area contributed by atoms with Gasteiger partial charge in [0.2, 0.25) is 26.0 Å². The fourth-order valence-electron chi connectivity index (χ4n) is 4.98. The van der Waals surface area contributed by atoms with Gasteiger partial charge in [0, 0.05) is 31.7 Å². The van der Waals surface area contributed by atoms with Crippen LogP contribution in [0.4, 0.5) is 0 Å². The maximum Gasteiger partial charge on any atom is 0.243 e. The fraction of sp³-hybridized carbons (Fsp3) is 0.200. The first-order valence-corrected chi connectivity index (χ1v) is 16.3. The summed E-state index contributed by atoms with van der Waals surface area (Å²) >= 11 is 0. The average Bonchev–Trinajstić information content (AvgIpc) is 3.00. The molecule has 10 nitrogen and oxygen atoms in total. The van der Waals surface area contributed by atoms with Gasteiger partial charge in [-0.2, -0.15) is 9.03 Å². The topological polar surface area (TPSA) is 154 Å². The van der Waals surface area contributed by atoms with Crippen molar-refractivity contribution in [1.82, 2.24) is 13.9 Å². The third-order valence-corrected chi connectivity index (χ3v) is 10.6. The number of hydrogen-bond donors (Lipinski definition) is 3. The van der Waals surface area contributed by atoms with Crippen molar-refractivity contribution in [2.45, 2.75) is 22.3 Å². The number of benzene rings is 4. The van der Waals surface area contributed by atoms with Gasteiger partial charge in [0.15, 0.2) is 0 Å². The van der Waals surface area contributed by atoms with Gasteiger partial charge in [0.25, 0.3) is 0 Å². The highest BCUT2D eigenvalue weighted by Gasteiger charge is 2.34.